The Morgan fingerprint density at radius 3 is 2.61 bits per heavy atom. The molecular weight excluding hydrogens is 230 g/mol. The maximum absolute atomic E-state index is 11.2. The van der Waals surface area contributed by atoms with Crippen molar-refractivity contribution in [1.82, 2.24) is 4.90 Å². The molecule has 0 aromatic carbocycles. The fraction of sp³-hybridized carbons (Fsp3) is 0.786. The van der Waals surface area contributed by atoms with Gasteiger partial charge in [0.25, 0.3) is 0 Å². The van der Waals surface area contributed by atoms with E-state index >= 15 is 0 Å². The third-order valence-corrected chi connectivity index (χ3v) is 2.62. The van der Waals surface area contributed by atoms with Crippen molar-refractivity contribution in [2.24, 2.45) is 5.41 Å². The molecule has 0 bridgehead atoms. The lowest BCUT2D eigenvalue weighted by molar-refractivity contribution is 0.0261. The van der Waals surface area contributed by atoms with Crippen LogP contribution < -0.4 is 0 Å². The highest BCUT2D eigenvalue weighted by Crippen LogP contribution is 2.21. The Morgan fingerprint density at radius 1 is 1.39 bits per heavy atom. The molecule has 0 aromatic heterocycles. The van der Waals surface area contributed by atoms with Gasteiger partial charge in [-0.1, -0.05) is 26.8 Å². The molecule has 0 spiro atoms. The second-order valence-electron chi connectivity index (χ2n) is 5.35. The van der Waals surface area contributed by atoms with Crippen molar-refractivity contribution in [2.75, 3.05) is 33.4 Å². The van der Waals surface area contributed by atoms with Crippen LogP contribution in [0.5, 0.6) is 0 Å². The van der Waals surface area contributed by atoms with Crippen molar-refractivity contribution in [1.29, 1.82) is 0 Å². The first kappa shape index (κ1) is 17.0. The predicted octanol–water partition coefficient (Wildman–Crippen LogP) is 3.08. The average molecular weight is 257 g/mol. The highest BCUT2D eigenvalue weighted by molar-refractivity contribution is 5.59. The minimum Gasteiger partial charge on any atom is -0.434 e. The van der Waals surface area contributed by atoms with E-state index in [2.05, 4.69) is 25.3 Å². The molecule has 0 amide bonds. The maximum Gasteiger partial charge on any atom is 0.508 e. The van der Waals surface area contributed by atoms with Crippen LogP contribution >= 0.6 is 0 Å². The molecular formula is C14H27NO3. The van der Waals surface area contributed by atoms with Crippen LogP contribution in [0, 0.1) is 5.41 Å². The molecule has 0 unspecified atom stereocenters. The van der Waals surface area contributed by atoms with Crippen LogP contribution in [0.25, 0.3) is 0 Å². The van der Waals surface area contributed by atoms with E-state index in [0.29, 0.717) is 13.2 Å². The summed E-state index contributed by atoms with van der Waals surface area (Å²) in [6, 6.07) is 0. The van der Waals surface area contributed by atoms with Crippen molar-refractivity contribution in [2.45, 2.75) is 33.6 Å². The molecule has 0 aliphatic carbocycles. The summed E-state index contributed by atoms with van der Waals surface area (Å²) < 4.78 is 9.97. The Morgan fingerprint density at radius 2 is 2.06 bits per heavy atom. The van der Waals surface area contributed by atoms with E-state index in [9.17, 15) is 4.79 Å². The topological polar surface area (TPSA) is 38.8 Å². The van der Waals surface area contributed by atoms with Crippen LogP contribution in [0.4, 0.5) is 4.79 Å². The van der Waals surface area contributed by atoms with Crippen molar-refractivity contribution >= 4 is 6.16 Å². The average Bonchev–Trinajstić information content (AvgIpc) is 2.32. The number of nitrogens with zero attached hydrogens (tertiary/aromatic N) is 1. The van der Waals surface area contributed by atoms with Gasteiger partial charge in [0.05, 0.1) is 6.61 Å². The fourth-order valence-electron chi connectivity index (χ4n) is 1.36. The minimum atomic E-state index is -0.565. The number of rotatable bonds is 9. The minimum absolute atomic E-state index is 0.0410. The largest absolute Gasteiger partial charge is 0.508 e. The smallest absolute Gasteiger partial charge is 0.434 e. The Bertz CT molecular complexity index is 251. The summed E-state index contributed by atoms with van der Waals surface area (Å²) in [6.07, 6.45) is 3.08. The van der Waals surface area contributed by atoms with Gasteiger partial charge in [0.15, 0.2) is 0 Å². The lowest BCUT2D eigenvalue weighted by Crippen LogP contribution is -2.29. The quantitative estimate of drug-likeness (QED) is 0.470. The van der Waals surface area contributed by atoms with Crippen molar-refractivity contribution in [3.8, 4) is 0 Å². The number of likely N-dealkylation sites (N-methyl/N-ethyl adjacent to an activating group) is 1. The summed E-state index contributed by atoms with van der Waals surface area (Å²) in [7, 11) is 2.05. The molecule has 0 radical (unpaired) electrons. The Balaban J connectivity index is 3.85. The van der Waals surface area contributed by atoms with Gasteiger partial charge >= 0.3 is 6.16 Å². The van der Waals surface area contributed by atoms with Gasteiger partial charge in [-0.3, -0.25) is 0 Å². The van der Waals surface area contributed by atoms with E-state index in [4.69, 9.17) is 9.47 Å². The van der Waals surface area contributed by atoms with Gasteiger partial charge in [0, 0.05) is 12.0 Å². The van der Waals surface area contributed by atoms with Crippen molar-refractivity contribution < 1.29 is 14.3 Å². The molecule has 0 N–H and O–H groups in total. The molecule has 0 aromatic rings. The third kappa shape index (κ3) is 9.05. The number of hydrogen-bond donors (Lipinski definition) is 0. The van der Waals surface area contributed by atoms with E-state index in [1.165, 1.54) is 0 Å². The third-order valence-electron chi connectivity index (χ3n) is 2.62. The van der Waals surface area contributed by atoms with Crippen LogP contribution in [0.2, 0.25) is 0 Å². The first-order valence-corrected chi connectivity index (χ1v) is 6.50. The number of ether oxygens (including phenoxy) is 2. The van der Waals surface area contributed by atoms with Gasteiger partial charge in [-0.2, -0.15) is 0 Å². The molecule has 0 atom stereocenters. The summed E-state index contributed by atoms with van der Waals surface area (Å²) in [5, 5.41) is 0. The normalized spacial score (nSPS) is 11.4. The molecule has 18 heavy (non-hydrogen) atoms. The van der Waals surface area contributed by atoms with Crippen molar-refractivity contribution in [3.63, 3.8) is 0 Å². The molecule has 4 heteroatoms. The van der Waals surface area contributed by atoms with Crippen LogP contribution in [-0.4, -0.2) is 44.4 Å². The number of carbonyl (C=O) groups is 1. The first-order valence-electron chi connectivity index (χ1n) is 6.50. The van der Waals surface area contributed by atoms with Gasteiger partial charge in [0.1, 0.15) is 6.61 Å². The second kappa shape index (κ2) is 8.97. The lowest BCUT2D eigenvalue weighted by atomic mass is 9.90. The van der Waals surface area contributed by atoms with E-state index in [1.807, 2.05) is 20.0 Å². The zero-order valence-electron chi connectivity index (χ0n) is 12.2. The first-order chi connectivity index (χ1) is 8.41. The second-order valence-corrected chi connectivity index (χ2v) is 5.35. The van der Waals surface area contributed by atoms with E-state index in [-0.39, 0.29) is 5.41 Å². The zero-order chi connectivity index (χ0) is 14.0. The molecule has 0 fully saturated rings. The molecule has 0 saturated carbocycles. The Hall–Kier alpha value is -1.03. The van der Waals surface area contributed by atoms with Gasteiger partial charge in [-0.15, -0.1) is 6.58 Å². The summed E-state index contributed by atoms with van der Waals surface area (Å²) in [5.74, 6) is 0. The summed E-state index contributed by atoms with van der Waals surface area (Å²) in [6.45, 7) is 12.5. The maximum atomic E-state index is 11.2. The molecule has 0 heterocycles. The molecule has 0 saturated heterocycles. The monoisotopic (exact) mass is 257 g/mol. The lowest BCUT2D eigenvalue weighted by Gasteiger charge is -2.26. The van der Waals surface area contributed by atoms with E-state index in [1.54, 1.807) is 0 Å². The van der Waals surface area contributed by atoms with Crippen LogP contribution in [0.15, 0.2) is 12.7 Å². The molecule has 4 nitrogen and oxygen atoms in total. The standard InChI is InChI=1S/C14H27NO3/c1-6-9-15(5)10-8-14(3,4)12-18-13(16)17-11-7-2/h6H,1,7-12H2,2-5H3. The van der Waals surface area contributed by atoms with Crippen molar-refractivity contribution in [3.05, 3.63) is 12.7 Å². The zero-order valence-corrected chi connectivity index (χ0v) is 12.2. The van der Waals surface area contributed by atoms with Gasteiger partial charge in [0.2, 0.25) is 0 Å². The van der Waals surface area contributed by atoms with Gasteiger partial charge in [-0.25, -0.2) is 4.79 Å². The summed E-state index contributed by atoms with van der Waals surface area (Å²) >= 11 is 0. The highest BCUT2D eigenvalue weighted by Gasteiger charge is 2.21. The van der Waals surface area contributed by atoms with Crippen LogP contribution in [0.1, 0.15) is 33.6 Å². The molecule has 0 aliphatic heterocycles. The molecule has 106 valence electrons. The predicted molar refractivity (Wildman–Crippen MR) is 73.7 cm³/mol. The van der Waals surface area contributed by atoms with E-state index < -0.39 is 6.16 Å². The Kier molecular flexibility index (Phi) is 8.46. The SMILES string of the molecule is C=CCN(C)CCC(C)(C)COC(=O)OCCC. The Labute approximate surface area is 111 Å². The van der Waals surface area contributed by atoms with Gasteiger partial charge in [-0.05, 0) is 26.4 Å². The number of hydrogen-bond acceptors (Lipinski definition) is 4. The van der Waals surface area contributed by atoms with Gasteiger partial charge < -0.3 is 14.4 Å². The van der Waals surface area contributed by atoms with E-state index in [0.717, 1.165) is 25.9 Å². The molecule has 0 aliphatic rings. The highest BCUT2D eigenvalue weighted by atomic mass is 16.7. The number of carbonyl (C=O) groups excluding carboxylic acids is 1. The molecule has 0 rings (SSSR count). The fourth-order valence-corrected chi connectivity index (χ4v) is 1.36. The van der Waals surface area contributed by atoms with Crippen LogP contribution in [0.3, 0.4) is 0 Å². The summed E-state index contributed by atoms with van der Waals surface area (Å²) in [4.78, 5) is 13.4. The van der Waals surface area contributed by atoms with Crippen LogP contribution in [-0.2, 0) is 9.47 Å². The summed E-state index contributed by atoms with van der Waals surface area (Å²) in [5.41, 5.74) is -0.0410.